The Labute approximate surface area is 135 Å². The van der Waals surface area contributed by atoms with Gasteiger partial charge in [0, 0.05) is 6.04 Å². The van der Waals surface area contributed by atoms with Crippen molar-refractivity contribution in [2.24, 2.45) is 5.92 Å². The molecule has 2 atom stereocenters. The predicted octanol–water partition coefficient (Wildman–Crippen LogP) is 2.09. The van der Waals surface area contributed by atoms with Crippen molar-refractivity contribution >= 4 is 23.3 Å². The molecule has 2 aliphatic rings. The number of aliphatic hydroxyl groups is 1. The number of nitrogens with zero attached hydrogens (tertiary/aromatic N) is 1. The van der Waals surface area contributed by atoms with Crippen LogP contribution in [-0.4, -0.2) is 35.2 Å². The van der Waals surface area contributed by atoms with Crippen LogP contribution in [0, 0.1) is 5.92 Å². The topological polar surface area (TPSA) is 81.7 Å². The maximum absolute atomic E-state index is 12.8. The average Bonchev–Trinajstić information content (AvgIpc) is 2.51. The lowest BCUT2D eigenvalue weighted by molar-refractivity contribution is -0.118. The van der Waals surface area contributed by atoms with E-state index in [0.717, 1.165) is 12.1 Å². The SMILES string of the molecule is CC[C@H](C)C1C(=O)Nc2ccccc2N1C(=O)NC1CC(O)C1. The molecule has 0 spiro atoms. The summed E-state index contributed by atoms with van der Waals surface area (Å²) in [6.07, 6.45) is 1.61. The van der Waals surface area contributed by atoms with Crippen LogP contribution in [0.4, 0.5) is 16.2 Å². The number of aliphatic hydroxyl groups excluding tert-OH is 1. The average molecular weight is 317 g/mol. The molecule has 1 aliphatic carbocycles. The molecule has 23 heavy (non-hydrogen) atoms. The first kappa shape index (κ1) is 15.8. The van der Waals surface area contributed by atoms with Crippen LogP contribution in [0.5, 0.6) is 0 Å². The Bertz CT molecular complexity index is 613. The molecule has 1 fully saturated rings. The molecule has 3 N–H and O–H groups in total. The molecule has 1 aromatic rings. The van der Waals surface area contributed by atoms with E-state index in [4.69, 9.17) is 0 Å². The van der Waals surface area contributed by atoms with E-state index >= 15 is 0 Å². The summed E-state index contributed by atoms with van der Waals surface area (Å²) >= 11 is 0. The summed E-state index contributed by atoms with van der Waals surface area (Å²) in [5.74, 6) is -0.108. The van der Waals surface area contributed by atoms with Crippen molar-refractivity contribution in [1.82, 2.24) is 5.32 Å². The van der Waals surface area contributed by atoms with E-state index in [-0.39, 0.29) is 30.0 Å². The van der Waals surface area contributed by atoms with E-state index in [1.54, 1.807) is 11.0 Å². The molecule has 0 bridgehead atoms. The molecule has 0 saturated heterocycles. The second-order valence-electron chi connectivity index (χ2n) is 6.48. The normalized spacial score (nSPS) is 27.5. The number of carbonyl (C=O) groups excluding carboxylic acids is 2. The first-order chi connectivity index (χ1) is 11.0. The van der Waals surface area contributed by atoms with Gasteiger partial charge in [-0.25, -0.2) is 4.79 Å². The quantitative estimate of drug-likeness (QED) is 0.798. The van der Waals surface area contributed by atoms with Crippen LogP contribution in [0.15, 0.2) is 24.3 Å². The third-order valence-corrected chi connectivity index (χ3v) is 4.81. The van der Waals surface area contributed by atoms with E-state index in [2.05, 4.69) is 10.6 Å². The number of nitrogens with one attached hydrogen (secondary N) is 2. The van der Waals surface area contributed by atoms with Gasteiger partial charge in [-0.15, -0.1) is 0 Å². The van der Waals surface area contributed by atoms with Crippen LogP contribution >= 0.6 is 0 Å². The summed E-state index contributed by atoms with van der Waals surface area (Å²) in [6, 6.07) is 6.52. The van der Waals surface area contributed by atoms with Crippen molar-refractivity contribution in [1.29, 1.82) is 0 Å². The van der Waals surface area contributed by atoms with Crippen LogP contribution in [0.2, 0.25) is 0 Å². The third-order valence-electron chi connectivity index (χ3n) is 4.81. The molecule has 1 aliphatic heterocycles. The number of carbonyl (C=O) groups is 2. The maximum atomic E-state index is 12.8. The lowest BCUT2D eigenvalue weighted by Crippen LogP contribution is -2.59. The van der Waals surface area contributed by atoms with Crippen molar-refractivity contribution in [2.75, 3.05) is 10.2 Å². The highest BCUT2D eigenvalue weighted by molar-refractivity contribution is 6.11. The lowest BCUT2D eigenvalue weighted by atomic mass is 9.89. The fraction of sp³-hybridized carbons (Fsp3) is 0.529. The molecular weight excluding hydrogens is 294 g/mol. The Morgan fingerprint density at radius 3 is 2.78 bits per heavy atom. The summed E-state index contributed by atoms with van der Waals surface area (Å²) in [5.41, 5.74) is 1.37. The number of amides is 3. The van der Waals surface area contributed by atoms with Gasteiger partial charge in [0.05, 0.1) is 17.5 Å². The Morgan fingerprint density at radius 1 is 1.43 bits per heavy atom. The standard InChI is InChI=1S/C17H23N3O3/c1-3-10(2)15-16(22)19-13-6-4-5-7-14(13)20(15)17(23)18-11-8-12(21)9-11/h4-7,10-12,15,21H,3,8-9H2,1-2H3,(H,18,23)(H,19,22)/t10-,11?,12?,15?/m0/s1. The van der Waals surface area contributed by atoms with Crippen molar-refractivity contribution in [3.05, 3.63) is 24.3 Å². The Balaban J connectivity index is 1.90. The van der Waals surface area contributed by atoms with Crippen molar-refractivity contribution in [3.8, 4) is 0 Å². The van der Waals surface area contributed by atoms with Gasteiger partial charge in [0.2, 0.25) is 5.91 Å². The number of benzene rings is 1. The lowest BCUT2D eigenvalue weighted by Gasteiger charge is -2.41. The van der Waals surface area contributed by atoms with Crippen molar-refractivity contribution in [3.63, 3.8) is 0 Å². The number of anilines is 2. The summed E-state index contributed by atoms with van der Waals surface area (Å²) in [4.78, 5) is 26.9. The van der Waals surface area contributed by atoms with Crippen LogP contribution in [-0.2, 0) is 4.79 Å². The van der Waals surface area contributed by atoms with Crippen molar-refractivity contribution in [2.45, 2.75) is 51.3 Å². The van der Waals surface area contributed by atoms with Crippen molar-refractivity contribution < 1.29 is 14.7 Å². The summed E-state index contributed by atoms with van der Waals surface area (Å²) in [7, 11) is 0. The van der Waals surface area contributed by atoms with Gasteiger partial charge in [0.1, 0.15) is 6.04 Å². The second-order valence-corrected chi connectivity index (χ2v) is 6.48. The molecule has 1 unspecified atom stereocenters. The fourth-order valence-corrected chi connectivity index (χ4v) is 3.18. The molecule has 0 aromatic heterocycles. The predicted molar refractivity (Wildman–Crippen MR) is 88.4 cm³/mol. The highest BCUT2D eigenvalue weighted by Gasteiger charge is 2.41. The number of hydrogen-bond acceptors (Lipinski definition) is 3. The number of para-hydroxylation sites is 2. The molecule has 3 amide bonds. The Kier molecular flexibility index (Phi) is 4.26. The van der Waals surface area contributed by atoms with Gasteiger partial charge in [0.15, 0.2) is 0 Å². The molecule has 3 rings (SSSR count). The van der Waals surface area contributed by atoms with Gasteiger partial charge in [-0.1, -0.05) is 32.4 Å². The minimum absolute atomic E-state index is 0.0211. The van der Waals surface area contributed by atoms with Gasteiger partial charge >= 0.3 is 6.03 Å². The second kappa shape index (κ2) is 6.20. The molecule has 124 valence electrons. The molecule has 1 saturated carbocycles. The van der Waals surface area contributed by atoms with Gasteiger partial charge in [-0.2, -0.15) is 0 Å². The molecule has 6 heteroatoms. The smallest absolute Gasteiger partial charge is 0.322 e. The van der Waals surface area contributed by atoms with Gasteiger partial charge < -0.3 is 15.7 Å². The van der Waals surface area contributed by atoms with Crippen LogP contribution in [0.1, 0.15) is 33.1 Å². The van der Waals surface area contributed by atoms with E-state index in [9.17, 15) is 14.7 Å². The largest absolute Gasteiger partial charge is 0.393 e. The van der Waals surface area contributed by atoms with Crippen LogP contribution < -0.4 is 15.5 Å². The highest BCUT2D eigenvalue weighted by atomic mass is 16.3. The summed E-state index contributed by atoms with van der Waals surface area (Å²) in [5, 5.41) is 15.2. The number of hydrogen-bond donors (Lipinski definition) is 3. The number of fused-ring (bicyclic) bond motifs is 1. The zero-order chi connectivity index (χ0) is 16.6. The van der Waals surface area contributed by atoms with Gasteiger partial charge in [-0.3, -0.25) is 9.69 Å². The van der Waals surface area contributed by atoms with E-state index < -0.39 is 6.04 Å². The number of rotatable bonds is 3. The van der Waals surface area contributed by atoms with Crippen LogP contribution in [0.3, 0.4) is 0 Å². The molecule has 1 aromatic carbocycles. The minimum Gasteiger partial charge on any atom is -0.393 e. The third kappa shape index (κ3) is 2.91. The molecule has 6 nitrogen and oxygen atoms in total. The zero-order valence-corrected chi connectivity index (χ0v) is 13.5. The molecular formula is C17H23N3O3. The first-order valence-corrected chi connectivity index (χ1v) is 8.19. The maximum Gasteiger partial charge on any atom is 0.322 e. The molecule has 0 radical (unpaired) electrons. The zero-order valence-electron chi connectivity index (χ0n) is 13.5. The number of urea groups is 1. The highest BCUT2D eigenvalue weighted by Crippen LogP contribution is 2.35. The summed E-state index contributed by atoms with van der Waals surface area (Å²) < 4.78 is 0. The minimum atomic E-state index is -0.528. The van der Waals surface area contributed by atoms with Crippen LogP contribution in [0.25, 0.3) is 0 Å². The summed E-state index contributed by atoms with van der Waals surface area (Å²) in [6.45, 7) is 3.99. The van der Waals surface area contributed by atoms with Gasteiger partial charge in [-0.05, 0) is 30.9 Å². The van der Waals surface area contributed by atoms with E-state index in [1.165, 1.54) is 0 Å². The van der Waals surface area contributed by atoms with E-state index in [0.29, 0.717) is 18.5 Å². The monoisotopic (exact) mass is 317 g/mol. The first-order valence-electron chi connectivity index (χ1n) is 8.19. The Morgan fingerprint density at radius 2 is 2.13 bits per heavy atom. The van der Waals surface area contributed by atoms with E-state index in [1.807, 2.05) is 32.0 Å². The van der Waals surface area contributed by atoms with Gasteiger partial charge in [0.25, 0.3) is 0 Å². The molecule has 1 heterocycles. The Hall–Kier alpha value is -2.08. The fourth-order valence-electron chi connectivity index (χ4n) is 3.18.